The van der Waals surface area contributed by atoms with Crippen LogP contribution >= 0.6 is 11.8 Å². The molecule has 3 amide bonds. The predicted octanol–water partition coefficient (Wildman–Crippen LogP) is 2.76. The predicted molar refractivity (Wildman–Crippen MR) is 112 cm³/mol. The molecular formula is C21H20N2O6S. The van der Waals surface area contributed by atoms with E-state index >= 15 is 0 Å². The van der Waals surface area contributed by atoms with E-state index in [-0.39, 0.29) is 28.7 Å². The molecule has 30 heavy (non-hydrogen) atoms. The van der Waals surface area contributed by atoms with Crippen LogP contribution in [-0.4, -0.2) is 47.8 Å². The van der Waals surface area contributed by atoms with E-state index in [1.165, 1.54) is 32.4 Å². The maximum atomic E-state index is 12.6. The lowest BCUT2D eigenvalue weighted by molar-refractivity contribution is -0.129. The normalized spacial score (nSPS) is 14.9. The molecule has 0 atom stereocenters. The van der Waals surface area contributed by atoms with Crippen LogP contribution in [0.1, 0.15) is 11.1 Å². The number of nitrogens with zero attached hydrogens (tertiary/aromatic N) is 1. The highest BCUT2D eigenvalue weighted by Crippen LogP contribution is 2.39. The minimum atomic E-state index is -0.564. The molecule has 0 saturated carbocycles. The summed E-state index contributed by atoms with van der Waals surface area (Å²) >= 11 is 0.739. The number of carbonyl (C=O) groups is 3. The Balaban J connectivity index is 1.70. The first-order valence-electron chi connectivity index (χ1n) is 8.94. The van der Waals surface area contributed by atoms with Crippen molar-refractivity contribution in [1.82, 2.24) is 10.2 Å². The van der Waals surface area contributed by atoms with E-state index in [0.29, 0.717) is 12.1 Å². The van der Waals surface area contributed by atoms with Crippen molar-refractivity contribution < 1.29 is 29.0 Å². The summed E-state index contributed by atoms with van der Waals surface area (Å²) in [7, 11) is 2.78. The number of phenolic OH excluding ortho intramolecular Hbond substituents is 1. The minimum absolute atomic E-state index is 0.158. The molecule has 156 valence electrons. The SMILES string of the molecule is COc1cc(/C=C2\SC(=O)N(CC(=O)NCc3ccccc3)C2=O)cc(OC)c1O. The van der Waals surface area contributed by atoms with Gasteiger partial charge < -0.3 is 19.9 Å². The molecule has 2 N–H and O–H groups in total. The quantitative estimate of drug-likeness (QED) is 0.654. The second-order valence-electron chi connectivity index (χ2n) is 6.30. The molecule has 0 aromatic heterocycles. The highest BCUT2D eigenvalue weighted by Gasteiger charge is 2.36. The Bertz CT molecular complexity index is 981. The first-order valence-corrected chi connectivity index (χ1v) is 9.75. The van der Waals surface area contributed by atoms with Gasteiger partial charge in [0, 0.05) is 6.54 Å². The maximum absolute atomic E-state index is 12.6. The smallest absolute Gasteiger partial charge is 0.294 e. The molecule has 3 rings (SSSR count). The molecule has 0 unspecified atom stereocenters. The number of hydrogen-bond donors (Lipinski definition) is 2. The Kier molecular flexibility index (Phi) is 6.63. The first-order chi connectivity index (χ1) is 14.4. The Morgan fingerprint density at radius 1 is 1.13 bits per heavy atom. The number of benzene rings is 2. The Morgan fingerprint density at radius 3 is 2.37 bits per heavy atom. The topological polar surface area (TPSA) is 105 Å². The number of phenols is 1. The number of imide groups is 1. The van der Waals surface area contributed by atoms with Gasteiger partial charge in [-0.1, -0.05) is 30.3 Å². The number of carbonyl (C=O) groups excluding carboxylic acids is 3. The first kappa shape index (κ1) is 21.3. The van der Waals surface area contributed by atoms with Gasteiger partial charge in [0.2, 0.25) is 11.7 Å². The second kappa shape index (κ2) is 9.36. The lowest BCUT2D eigenvalue weighted by Gasteiger charge is -2.12. The highest BCUT2D eigenvalue weighted by molar-refractivity contribution is 8.18. The van der Waals surface area contributed by atoms with Crippen LogP contribution in [0.2, 0.25) is 0 Å². The number of aromatic hydroxyl groups is 1. The summed E-state index contributed by atoms with van der Waals surface area (Å²) in [6.45, 7) is -0.0596. The molecular weight excluding hydrogens is 408 g/mol. The molecule has 0 aliphatic carbocycles. The van der Waals surface area contributed by atoms with Gasteiger partial charge in [-0.15, -0.1) is 0 Å². The van der Waals surface area contributed by atoms with Crippen LogP contribution in [0.15, 0.2) is 47.4 Å². The van der Waals surface area contributed by atoms with Crippen molar-refractivity contribution in [2.45, 2.75) is 6.54 Å². The van der Waals surface area contributed by atoms with Gasteiger partial charge in [-0.25, -0.2) is 0 Å². The van der Waals surface area contributed by atoms with E-state index in [2.05, 4.69) is 5.32 Å². The Morgan fingerprint density at radius 2 is 1.77 bits per heavy atom. The van der Waals surface area contributed by atoms with Crippen LogP contribution in [-0.2, 0) is 16.1 Å². The number of thioether (sulfide) groups is 1. The number of amides is 3. The zero-order valence-corrected chi connectivity index (χ0v) is 17.2. The van der Waals surface area contributed by atoms with Crippen molar-refractivity contribution in [1.29, 1.82) is 0 Å². The molecule has 1 aliphatic heterocycles. The lowest BCUT2D eigenvalue weighted by Crippen LogP contribution is -2.39. The van der Waals surface area contributed by atoms with E-state index < -0.39 is 17.1 Å². The number of methoxy groups -OCH3 is 2. The number of nitrogens with one attached hydrogen (secondary N) is 1. The van der Waals surface area contributed by atoms with Crippen molar-refractivity contribution >= 4 is 34.9 Å². The van der Waals surface area contributed by atoms with E-state index in [1.807, 2.05) is 30.3 Å². The van der Waals surface area contributed by atoms with Crippen molar-refractivity contribution in [2.24, 2.45) is 0 Å². The largest absolute Gasteiger partial charge is 0.502 e. The molecule has 0 bridgehead atoms. The van der Waals surface area contributed by atoms with Crippen molar-refractivity contribution in [3.05, 3.63) is 58.5 Å². The van der Waals surface area contributed by atoms with Crippen molar-refractivity contribution in [2.75, 3.05) is 20.8 Å². The standard InChI is InChI=1S/C21H20N2O6S/c1-28-15-8-14(9-16(29-2)19(15)25)10-17-20(26)23(21(27)30-17)12-18(24)22-11-13-6-4-3-5-7-13/h3-10,25H,11-12H2,1-2H3,(H,22,24)/b17-10-. The maximum Gasteiger partial charge on any atom is 0.294 e. The third kappa shape index (κ3) is 4.74. The fourth-order valence-electron chi connectivity index (χ4n) is 2.78. The van der Waals surface area contributed by atoms with Crippen molar-refractivity contribution in [3.63, 3.8) is 0 Å². The number of ether oxygens (including phenoxy) is 2. The van der Waals surface area contributed by atoms with Crippen LogP contribution in [0.4, 0.5) is 4.79 Å². The molecule has 2 aromatic rings. The number of rotatable bonds is 7. The summed E-state index contributed by atoms with van der Waals surface area (Å²) in [6, 6.07) is 12.3. The minimum Gasteiger partial charge on any atom is -0.502 e. The molecule has 1 heterocycles. The van der Waals surface area contributed by atoms with E-state index in [9.17, 15) is 19.5 Å². The second-order valence-corrected chi connectivity index (χ2v) is 7.30. The summed E-state index contributed by atoms with van der Waals surface area (Å²) in [4.78, 5) is 38.1. The summed E-state index contributed by atoms with van der Waals surface area (Å²) in [5, 5.41) is 12.2. The van der Waals surface area contributed by atoms with Gasteiger partial charge in [0.05, 0.1) is 19.1 Å². The van der Waals surface area contributed by atoms with Crippen molar-refractivity contribution in [3.8, 4) is 17.2 Å². The molecule has 1 aliphatic rings. The Hall–Kier alpha value is -3.46. The van der Waals surface area contributed by atoms with Gasteiger partial charge in [0.25, 0.3) is 11.1 Å². The van der Waals surface area contributed by atoms with Crippen LogP contribution in [0, 0.1) is 0 Å². The Labute approximate surface area is 177 Å². The average Bonchev–Trinajstić information content (AvgIpc) is 3.01. The van der Waals surface area contributed by atoms with E-state index in [0.717, 1.165) is 22.2 Å². The average molecular weight is 428 g/mol. The van der Waals surface area contributed by atoms with Crippen LogP contribution in [0.5, 0.6) is 17.2 Å². The highest BCUT2D eigenvalue weighted by atomic mass is 32.2. The zero-order valence-electron chi connectivity index (χ0n) is 16.4. The van der Waals surface area contributed by atoms with Gasteiger partial charge in [-0.3, -0.25) is 19.3 Å². The van der Waals surface area contributed by atoms with Gasteiger partial charge >= 0.3 is 0 Å². The van der Waals surface area contributed by atoms with Gasteiger partial charge in [-0.05, 0) is 41.1 Å². The van der Waals surface area contributed by atoms with E-state index in [1.54, 1.807) is 0 Å². The third-order valence-corrected chi connectivity index (χ3v) is 5.22. The molecule has 9 heteroatoms. The molecule has 0 spiro atoms. The summed E-state index contributed by atoms with van der Waals surface area (Å²) < 4.78 is 10.2. The van der Waals surface area contributed by atoms with Crippen LogP contribution < -0.4 is 14.8 Å². The van der Waals surface area contributed by atoms with Gasteiger partial charge in [0.1, 0.15) is 6.54 Å². The lowest BCUT2D eigenvalue weighted by atomic mass is 10.1. The van der Waals surface area contributed by atoms with Crippen LogP contribution in [0.3, 0.4) is 0 Å². The zero-order chi connectivity index (χ0) is 21.7. The molecule has 2 aromatic carbocycles. The number of hydrogen-bond acceptors (Lipinski definition) is 7. The third-order valence-electron chi connectivity index (χ3n) is 4.31. The molecule has 0 radical (unpaired) electrons. The summed E-state index contributed by atoms with van der Waals surface area (Å²) in [6.07, 6.45) is 1.48. The van der Waals surface area contributed by atoms with E-state index in [4.69, 9.17) is 9.47 Å². The van der Waals surface area contributed by atoms with Gasteiger partial charge in [-0.2, -0.15) is 0 Å². The van der Waals surface area contributed by atoms with Gasteiger partial charge in [0.15, 0.2) is 11.5 Å². The summed E-state index contributed by atoms with van der Waals surface area (Å²) in [5.74, 6) is -0.832. The molecule has 8 nitrogen and oxygen atoms in total. The molecule has 1 saturated heterocycles. The monoisotopic (exact) mass is 428 g/mol. The summed E-state index contributed by atoms with van der Waals surface area (Å²) in [5.41, 5.74) is 1.41. The fourth-order valence-corrected chi connectivity index (χ4v) is 3.62. The fraction of sp³-hybridized carbons (Fsp3) is 0.190. The van der Waals surface area contributed by atoms with Crippen LogP contribution in [0.25, 0.3) is 6.08 Å². The molecule has 1 fully saturated rings.